The normalized spacial score (nSPS) is 14.2. The molecule has 0 aliphatic carbocycles. The second-order valence-corrected chi connectivity index (χ2v) is 4.99. The standard InChI is InChI=1S/C8H8Cl3NO/c9-8(10,11)7(13)5-6-1-3-12-4-2-6/h1-4,7,13H,5H2. The zero-order valence-corrected chi connectivity index (χ0v) is 8.89. The van der Waals surface area contributed by atoms with Crippen LogP contribution in [0.25, 0.3) is 0 Å². The summed E-state index contributed by atoms with van der Waals surface area (Å²) < 4.78 is -1.64. The molecule has 2 nitrogen and oxygen atoms in total. The third-order valence-corrected chi connectivity index (χ3v) is 2.31. The summed E-state index contributed by atoms with van der Waals surface area (Å²) in [4.78, 5) is 3.83. The van der Waals surface area contributed by atoms with Crippen LogP contribution in [0.1, 0.15) is 5.56 Å². The van der Waals surface area contributed by atoms with Crippen LogP contribution in [0.2, 0.25) is 0 Å². The first-order valence-electron chi connectivity index (χ1n) is 3.64. The van der Waals surface area contributed by atoms with Gasteiger partial charge in [0.05, 0.1) is 0 Å². The van der Waals surface area contributed by atoms with E-state index in [1.165, 1.54) is 0 Å². The van der Waals surface area contributed by atoms with Crippen molar-refractivity contribution in [3.8, 4) is 0 Å². The summed E-state index contributed by atoms with van der Waals surface area (Å²) in [5, 5.41) is 9.42. The van der Waals surface area contributed by atoms with Crippen LogP contribution in [0.15, 0.2) is 24.5 Å². The lowest BCUT2D eigenvalue weighted by Gasteiger charge is -2.18. The first-order chi connectivity index (χ1) is 6.00. The summed E-state index contributed by atoms with van der Waals surface area (Å²) in [6.45, 7) is 0. The molecule has 1 unspecified atom stereocenters. The van der Waals surface area contributed by atoms with Gasteiger partial charge in [-0.05, 0) is 17.7 Å². The molecule has 1 atom stereocenters. The summed E-state index contributed by atoms with van der Waals surface area (Å²) in [6.07, 6.45) is 2.56. The van der Waals surface area contributed by atoms with Crippen LogP contribution in [-0.2, 0) is 6.42 Å². The zero-order chi connectivity index (χ0) is 9.90. The number of nitrogens with zero attached hydrogens (tertiary/aromatic N) is 1. The maximum Gasteiger partial charge on any atom is 0.216 e. The van der Waals surface area contributed by atoms with Crippen molar-refractivity contribution in [1.82, 2.24) is 4.98 Å². The molecule has 0 amide bonds. The Labute approximate surface area is 91.4 Å². The highest BCUT2D eigenvalue weighted by molar-refractivity contribution is 6.68. The molecule has 0 bridgehead atoms. The highest BCUT2D eigenvalue weighted by Gasteiger charge is 2.30. The first kappa shape index (κ1) is 11.1. The lowest BCUT2D eigenvalue weighted by atomic mass is 10.1. The minimum atomic E-state index is -1.64. The molecule has 1 heterocycles. The fourth-order valence-corrected chi connectivity index (χ4v) is 1.09. The van der Waals surface area contributed by atoms with E-state index in [9.17, 15) is 5.11 Å². The number of aliphatic hydroxyl groups excluding tert-OH is 1. The van der Waals surface area contributed by atoms with E-state index >= 15 is 0 Å². The molecule has 0 saturated heterocycles. The van der Waals surface area contributed by atoms with Crippen molar-refractivity contribution in [1.29, 1.82) is 0 Å². The second-order valence-electron chi connectivity index (χ2n) is 2.62. The van der Waals surface area contributed by atoms with Gasteiger partial charge in [0.25, 0.3) is 0 Å². The number of hydrogen-bond donors (Lipinski definition) is 1. The Bertz CT molecular complexity index is 260. The smallest absolute Gasteiger partial charge is 0.216 e. The Morgan fingerprint density at radius 1 is 1.31 bits per heavy atom. The van der Waals surface area contributed by atoms with Crippen molar-refractivity contribution in [2.75, 3.05) is 0 Å². The molecule has 13 heavy (non-hydrogen) atoms. The van der Waals surface area contributed by atoms with Crippen LogP contribution in [0.3, 0.4) is 0 Å². The fraction of sp³-hybridized carbons (Fsp3) is 0.375. The predicted molar refractivity (Wildman–Crippen MR) is 54.2 cm³/mol. The summed E-state index contributed by atoms with van der Waals surface area (Å²) in [7, 11) is 0. The van der Waals surface area contributed by atoms with Crippen molar-refractivity contribution in [2.45, 2.75) is 16.3 Å². The average molecular weight is 241 g/mol. The molecule has 72 valence electrons. The van der Waals surface area contributed by atoms with Gasteiger partial charge in [0, 0.05) is 18.8 Å². The van der Waals surface area contributed by atoms with Gasteiger partial charge >= 0.3 is 0 Å². The molecule has 0 saturated carbocycles. The Hall–Kier alpha value is -0.0200. The molecule has 5 heteroatoms. The number of halogens is 3. The second kappa shape index (κ2) is 4.47. The maximum atomic E-state index is 9.42. The van der Waals surface area contributed by atoms with E-state index in [4.69, 9.17) is 34.8 Å². The van der Waals surface area contributed by atoms with Gasteiger partial charge in [0.2, 0.25) is 3.79 Å². The number of alkyl halides is 3. The fourth-order valence-electron chi connectivity index (χ4n) is 0.858. The van der Waals surface area contributed by atoms with Gasteiger partial charge < -0.3 is 5.11 Å². The van der Waals surface area contributed by atoms with E-state index in [0.717, 1.165) is 5.56 Å². The quantitative estimate of drug-likeness (QED) is 0.805. The van der Waals surface area contributed by atoms with Crippen LogP contribution < -0.4 is 0 Å². The summed E-state index contributed by atoms with van der Waals surface area (Å²) in [6, 6.07) is 3.53. The monoisotopic (exact) mass is 239 g/mol. The van der Waals surface area contributed by atoms with Crippen LogP contribution >= 0.6 is 34.8 Å². The number of hydrogen-bond acceptors (Lipinski definition) is 2. The lowest BCUT2D eigenvalue weighted by Crippen LogP contribution is -2.27. The van der Waals surface area contributed by atoms with Crippen LogP contribution in [0.5, 0.6) is 0 Å². The van der Waals surface area contributed by atoms with Crippen molar-refractivity contribution < 1.29 is 5.11 Å². The van der Waals surface area contributed by atoms with E-state index in [2.05, 4.69) is 4.98 Å². The molecule has 0 aliphatic heterocycles. The molecule has 1 aromatic rings. The molecule has 1 rings (SSSR count). The van der Waals surface area contributed by atoms with Gasteiger partial charge in [-0.25, -0.2) is 0 Å². The molecular weight excluding hydrogens is 232 g/mol. The summed E-state index contributed by atoms with van der Waals surface area (Å²) in [5.74, 6) is 0. The van der Waals surface area contributed by atoms with Gasteiger partial charge in [-0.15, -0.1) is 0 Å². The molecule has 1 N–H and O–H groups in total. The highest BCUT2D eigenvalue weighted by atomic mass is 35.6. The van der Waals surface area contributed by atoms with Gasteiger partial charge in [0.15, 0.2) is 0 Å². The van der Waals surface area contributed by atoms with E-state index in [1.807, 2.05) is 0 Å². The van der Waals surface area contributed by atoms with E-state index in [0.29, 0.717) is 6.42 Å². The third kappa shape index (κ3) is 3.69. The van der Waals surface area contributed by atoms with Crippen molar-refractivity contribution >= 4 is 34.8 Å². The molecular formula is C8H8Cl3NO. The predicted octanol–water partition coefficient (Wildman–Crippen LogP) is 2.36. The highest BCUT2D eigenvalue weighted by Crippen LogP contribution is 2.31. The Morgan fingerprint density at radius 2 is 1.85 bits per heavy atom. The summed E-state index contributed by atoms with van der Waals surface area (Å²) in [5.41, 5.74) is 0.883. The molecule has 0 aliphatic rings. The topological polar surface area (TPSA) is 33.1 Å². The minimum absolute atomic E-state index is 0.305. The van der Waals surface area contributed by atoms with Gasteiger partial charge in [-0.3, -0.25) is 4.98 Å². The Kier molecular flexibility index (Phi) is 3.80. The molecule has 0 aromatic carbocycles. The van der Waals surface area contributed by atoms with Gasteiger partial charge in [-0.2, -0.15) is 0 Å². The molecule has 0 radical (unpaired) electrons. The minimum Gasteiger partial charge on any atom is -0.388 e. The molecule has 0 fully saturated rings. The van der Waals surface area contributed by atoms with Crippen molar-refractivity contribution in [3.63, 3.8) is 0 Å². The van der Waals surface area contributed by atoms with Crippen molar-refractivity contribution in [2.24, 2.45) is 0 Å². The third-order valence-electron chi connectivity index (χ3n) is 1.56. The van der Waals surface area contributed by atoms with Gasteiger partial charge in [0.1, 0.15) is 6.10 Å². The van der Waals surface area contributed by atoms with Crippen molar-refractivity contribution in [3.05, 3.63) is 30.1 Å². The van der Waals surface area contributed by atoms with Crippen LogP contribution in [-0.4, -0.2) is 20.0 Å². The van der Waals surface area contributed by atoms with E-state index in [-0.39, 0.29) is 0 Å². The van der Waals surface area contributed by atoms with Crippen LogP contribution in [0, 0.1) is 0 Å². The maximum absolute atomic E-state index is 9.42. The number of rotatable bonds is 2. The van der Waals surface area contributed by atoms with E-state index in [1.54, 1.807) is 24.5 Å². The van der Waals surface area contributed by atoms with E-state index < -0.39 is 9.90 Å². The number of aromatic nitrogens is 1. The number of aliphatic hydroxyl groups is 1. The Morgan fingerprint density at radius 3 is 2.31 bits per heavy atom. The zero-order valence-electron chi connectivity index (χ0n) is 6.62. The average Bonchev–Trinajstić information content (AvgIpc) is 2.04. The SMILES string of the molecule is OC(Cc1ccncc1)C(Cl)(Cl)Cl. The first-order valence-corrected chi connectivity index (χ1v) is 4.77. The van der Waals surface area contributed by atoms with Gasteiger partial charge in [-0.1, -0.05) is 34.8 Å². The largest absolute Gasteiger partial charge is 0.388 e. The molecule has 0 spiro atoms. The van der Waals surface area contributed by atoms with Crippen LogP contribution in [0.4, 0.5) is 0 Å². The number of pyridine rings is 1. The Balaban J connectivity index is 2.61. The lowest BCUT2D eigenvalue weighted by molar-refractivity contribution is 0.179. The molecule has 1 aromatic heterocycles. The summed E-state index contributed by atoms with van der Waals surface area (Å²) >= 11 is 16.5.